The Hall–Kier alpha value is -2.56. The first kappa shape index (κ1) is 17.3. The molecular weight excluding hydrogens is 319 g/mol. The van der Waals surface area contributed by atoms with Crippen LogP contribution in [0.5, 0.6) is 5.75 Å². The molecule has 2 aromatic rings. The standard InChI is InChI=1S/C20H23FN2O2/c1-15(2)25-17-9-7-16(8-10-17)20(24)23-13-11-22(12-14-23)19-6-4-3-5-18(19)21/h3-10,15H,11-14H2,1-2H3. The molecule has 25 heavy (non-hydrogen) atoms. The van der Waals surface area contributed by atoms with Crippen LogP contribution in [0, 0.1) is 5.82 Å². The zero-order valence-electron chi connectivity index (χ0n) is 14.6. The maximum absolute atomic E-state index is 13.9. The molecule has 5 heteroatoms. The number of hydrogen-bond acceptors (Lipinski definition) is 3. The highest BCUT2D eigenvalue weighted by molar-refractivity contribution is 5.94. The summed E-state index contributed by atoms with van der Waals surface area (Å²) in [5.74, 6) is 0.545. The second kappa shape index (κ2) is 7.55. The van der Waals surface area contributed by atoms with E-state index in [1.54, 1.807) is 24.3 Å². The van der Waals surface area contributed by atoms with Crippen molar-refractivity contribution >= 4 is 11.6 Å². The number of hydrogen-bond donors (Lipinski definition) is 0. The van der Waals surface area contributed by atoms with Crippen molar-refractivity contribution in [1.82, 2.24) is 4.90 Å². The van der Waals surface area contributed by atoms with E-state index in [-0.39, 0.29) is 17.8 Å². The van der Waals surface area contributed by atoms with Gasteiger partial charge in [0, 0.05) is 31.7 Å². The first-order chi connectivity index (χ1) is 12.0. The number of amides is 1. The number of para-hydroxylation sites is 1. The van der Waals surface area contributed by atoms with Crippen LogP contribution in [0.25, 0.3) is 0 Å². The number of rotatable bonds is 4. The van der Waals surface area contributed by atoms with E-state index in [1.165, 1.54) is 6.07 Å². The van der Waals surface area contributed by atoms with Crippen LogP contribution in [-0.4, -0.2) is 43.1 Å². The number of carbonyl (C=O) groups excluding carboxylic acids is 1. The summed E-state index contributed by atoms with van der Waals surface area (Å²) in [4.78, 5) is 16.4. The predicted molar refractivity (Wildman–Crippen MR) is 96.7 cm³/mol. The highest BCUT2D eigenvalue weighted by Crippen LogP contribution is 2.21. The summed E-state index contributed by atoms with van der Waals surface area (Å²) in [7, 11) is 0. The normalized spacial score (nSPS) is 14.7. The molecule has 0 atom stereocenters. The van der Waals surface area contributed by atoms with Crippen LogP contribution in [0.3, 0.4) is 0 Å². The molecule has 0 N–H and O–H groups in total. The van der Waals surface area contributed by atoms with Crippen LogP contribution >= 0.6 is 0 Å². The van der Waals surface area contributed by atoms with E-state index in [2.05, 4.69) is 0 Å². The van der Waals surface area contributed by atoms with Gasteiger partial charge >= 0.3 is 0 Å². The third-order valence-corrected chi connectivity index (χ3v) is 4.23. The van der Waals surface area contributed by atoms with Crippen LogP contribution < -0.4 is 9.64 Å². The van der Waals surface area contributed by atoms with Crippen molar-refractivity contribution in [3.05, 3.63) is 59.9 Å². The number of benzene rings is 2. The van der Waals surface area contributed by atoms with Gasteiger partial charge in [0.2, 0.25) is 0 Å². The van der Waals surface area contributed by atoms with E-state index in [9.17, 15) is 9.18 Å². The van der Waals surface area contributed by atoms with Crippen molar-refractivity contribution in [3.8, 4) is 5.75 Å². The van der Waals surface area contributed by atoms with Gasteiger partial charge in [-0.25, -0.2) is 4.39 Å². The maximum Gasteiger partial charge on any atom is 0.253 e. The summed E-state index contributed by atoms with van der Waals surface area (Å²) in [6.07, 6.45) is 0.105. The second-order valence-electron chi connectivity index (χ2n) is 6.42. The molecule has 1 aliphatic heterocycles. The SMILES string of the molecule is CC(C)Oc1ccc(C(=O)N2CCN(c3ccccc3F)CC2)cc1. The number of halogens is 1. The van der Waals surface area contributed by atoms with Crippen LogP contribution in [0.1, 0.15) is 24.2 Å². The van der Waals surface area contributed by atoms with E-state index < -0.39 is 0 Å². The smallest absolute Gasteiger partial charge is 0.253 e. The molecule has 0 bridgehead atoms. The van der Waals surface area contributed by atoms with Gasteiger partial charge in [-0.1, -0.05) is 12.1 Å². The maximum atomic E-state index is 13.9. The van der Waals surface area contributed by atoms with Crippen molar-refractivity contribution in [2.75, 3.05) is 31.1 Å². The van der Waals surface area contributed by atoms with Crippen molar-refractivity contribution < 1.29 is 13.9 Å². The molecule has 0 aromatic heterocycles. The van der Waals surface area contributed by atoms with E-state index in [1.807, 2.05) is 41.8 Å². The molecule has 0 aliphatic carbocycles. The largest absolute Gasteiger partial charge is 0.491 e. The predicted octanol–water partition coefficient (Wildman–Crippen LogP) is 3.58. The van der Waals surface area contributed by atoms with E-state index in [0.717, 1.165) is 5.75 Å². The van der Waals surface area contributed by atoms with Gasteiger partial charge in [0.25, 0.3) is 5.91 Å². The Kier molecular flexibility index (Phi) is 5.22. The van der Waals surface area contributed by atoms with Crippen LogP contribution in [0.15, 0.2) is 48.5 Å². The van der Waals surface area contributed by atoms with E-state index in [4.69, 9.17) is 4.74 Å². The van der Waals surface area contributed by atoms with Crippen molar-refractivity contribution in [3.63, 3.8) is 0 Å². The van der Waals surface area contributed by atoms with Crippen molar-refractivity contribution in [2.24, 2.45) is 0 Å². The summed E-state index contributed by atoms with van der Waals surface area (Å²) in [5, 5.41) is 0. The lowest BCUT2D eigenvalue weighted by atomic mass is 10.1. The van der Waals surface area contributed by atoms with Gasteiger partial charge in [0.1, 0.15) is 11.6 Å². The third-order valence-electron chi connectivity index (χ3n) is 4.23. The summed E-state index contributed by atoms with van der Waals surface area (Å²) >= 11 is 0. The molecule has 2 aromatic carbocycles. The Labute approximate surface area is 147 Å². The Morgan fingerprint density at radius 1 is 1.00 bits per heavy atom. The summed E-state index contributed by atoms with van der Waals surface area (Å²) in [5.41, 5.74) is 1.25. The van der Waals surface area contributed by atoms with Crippen molar-refractivity contribution in [1.29, 1.82) is 0 Å². The minimum Gasteiger partial charge on any atom is -0.491 e. The van der Waals surface area contributed by atoms with Crippen LogP contribution in [-0.2, 0) is 0 Å². The lowest BCUT2D eigenvalue weighted by Crippen LogP contribution is -2.49. The second-order valence-corrected chi connectivity index (χ2v) is 6.42. The first-order valence-electron chi connectivity index (χ1n) is 8.60. The molecular formula is C20H23FN2O2. The summed E-state index contributed by atoms with van der Waals surface area (Å²) in [6, 6.07) is 14.0. The molecule has 4 nitrogen and oxygen atoms in total. The summed E-state index contributed by atoms with van der Waals surface area (Å²) in [6.45, 7) is 6.35. The topological polar surface area (TPSA) is 32.8 Å². The molecule has 1 aliphatic rings. The highest BCUT2D eigenvalue weighted by Gasteiger charge is 2.23. The van der Waals surface area contributed by atoms with Gasteiger partial charge in [-0.15, -0.1) is 0 Å². The van der Waals surface area contributed by atoms with Gasteiger partial charge in [-0.2, -0.15) is 0 Å². The molecule has 0 saturated carbocycles. The number of ether oxygens (including phenoxy) is 1. The number of carbonyl (C=O) groups is 1. The van der Waals surface area contributed by atoms with Crippen molar-refractivity contribution in [2.45, 2.75) is 20.0 Å². The minimum absolute atomic E-state index is 0.00396. The fraction of sp³-hybridized carbons (Fsp3) is 0.350. The van der Waals surface area contributed by atoms with Gasteiger partial charge in [-0.3, -0.25) is 4.79 Å². The molecule has 0 radical (unpaired) electrons. The summed E-state index contributed by atoms with van der Waals surface area (Å²) < 4.78 is 19.5. The Morgan fingerprint density at radius 3 is 2.24 bits per heavy atom. The number of anilines is 1. The van der Waals surface area contributed by atoms with Gasteiger partial charge < -0.3 is 14.5 Å². The molecule has 0 spiro atoms. The molecule has 1 heterocycles. The highest BCUT2D eigenvalue weighted by atomic mass is 19.1. The molecule has 1 fully saturated rings. The fourth-order valence-electron chi connectivity index (χ4n) is 2.99. The van der Waals surface area contributed by atoms with E-state index in [0.29, 0.717) is 37.4 Å². The molecule has 1 saturated heterocycles. The zero-order valence-corrected chi connectivity index (χ0v) is 14.6. The van der Waals surface area contributed by atoms with Gasteiger partial charge in [-0.05, 0) is 50.2 Å². The van der Waals surface area contributed by atoms with E-state index >= 15 is 0 Å². The van der Waals surface area contributed by atoms with Crippen LogP contribution in [0.2, 0.25) is 0 Å². The molecule has 132 valence electrons. The quantitative estimate of drug-likeness (QED) is 0.851. The average Bonchev–Trinajstić information content (AvgIpc) is 2.62. The number of piperazine rings is 1. The lowest BCUT2D eigenvalue weighted by Gasteiger charge is -2.36. The zero-order chi connectivity index (χ0) is 17.8. The first-order valence-corrected chi connectivity index (χ1v) is 8.60. The Morgan fingerprint density at radius 2 is 1.64 bits per heavy atom. The molecule has 1 amide bonds. The Bertz CT molecular complexity index is 723. The third kappa shape index (κ3) is 4.10. The average molecular weight is 342 g/mol. The lowest BCUT2D eigenvalue weighted by molar-refractivity contribution is 0.0746. The molecule has 3 rings (SSSR count). The van der Waals surface area contributed by atoms with Crippen LogP contribution in [0.4, 0.5) is 10.1 Å². The minimum atomic E-state index is -0.219. The number of nitrogens with zero attached hydrogens (tertiary/aromatic N) is 2. The monoisotopic (exact) mass is 342 g/mol. The van der Waals surface area contributed by atoms with Gasteiger partial charge in [0.15, 0.2) is 0 Å². The fourth-order valence-corrected chi connectivity index (χ4v) is 2.99. The van der Waals surface area contributed by atoms with Gasteiger partial charge in [0.05, 0.1) is 11.8 Å². The Balaban J connectivity index is 1.61. The molecule has 0 unspecified atom stereocenters.